The van der Waals surface area contributed by atoms with E-state index in [-0.39, 0.29) is 0 Å². The normalized spacial score (nSPS) is 16.3. The molecule has 15 heavy (non-hydrogen) atoms. The molecule has 1 heterocycles. The molecule has 1 aliphatic heterocycles. The molecule has 1 aromatic carbocycles. The summed E-state index contributed by atoms with van der Waals surface area (Å²) in [5, 5.41) is 4.81. The number of nitrogens with one attached hydrogen (secondary N) is 1. The first-order valence-electron chi connectivity index (χ1n) is 5.05. The van der Waals surface area contributed by atoms with Crippen LogP contribution >= 0.6 is 23.2 Å². The van der Waals surface area contributed by atoms with Gasteiger partial charge in [0.15, 0.2) is 0 Å². The van der Waals surface area contributed by atoms with Crippen molar-refractivity contribution in [3.05, 3.63) is 39.4 Å². The second kappa shape index (κ2) is 4.56. The molecule has 0 saturated heterocycles. The largest absolute Gasteiger partial charge is 0.313 e. The minimum atomic E-state index is 0.735. The quantitative estimate of drug-likeness (QED) is 0.792. The minimum absolute atomic E-state index is 0.735. The summed E-state index contributed by atoms with van der Waals surface area (Å²) in [5.74, 6) is 0. The minimum Gasteiger partial charge on any atom is -0.313 e. The van der Waals surface area contributed by atoms with Crippen LogP contribution in [0.25, 0.3) is 5.57 Å². The number of benzene rings is 1. The molecule has 80 valence electrons. The summed E-state index contributed by atoms with van der Waals surface area (Å²) >= 11 is 12.3. The molecule has 3 heteroatoms. The van der Waals surface area contributed by atoms with E-state index in [0.717, 1.165) is 40.7 Å². The number of halogens is 2. The van der Waals surface area contributed by atoms with E-state index in [1.54, 1.807) is 0 Å². The van der Waals surface area contributed by atoms with Crippen molar-refractivity contribution in [2.75, 3.05) is 13.1 Å². The average Bonchev–Trinajstić information content (AvgIpc) is 2.27. The lowest BCUT2D eigenvalue weighted by atomic mass is 9.98. The second-order valence-corrected chi connectivity index (χ2v) is 4.50. The monoisotopic (exact) mass is 241 g/mol. The molecule has 1 N–H and O–H groups in total. The van der Waals surface area contributed by atoms with E-state index in [1.807, 2.05) is 19.1 Å². The van der Waals surface area contributed by atoms with Crippen LogP contribution in [-0.4, -0.2) is 13.1 Å². The number of rotatable bonds is 1. The maximum Gasteiger partial charge on any atom is 0.0525 e. The Morgan fingerprint density at radius 1 is 1.27 bits per heavy atom. The van der Waals surface area contributed by atoms with E-state index in [2.05, 4.69) is 11.4 Å². The van der Waals surface area contributed by atoms with E-state index in [4.69, 9.17) is 23.2 Å². The fraction of sp³-hybridized carbons (Fsp3) is 0.333. The van der Waals surface area contributed by atoms with E-state index in [9.17, 15) is 0 Å². The Morgan fingerprint density at radius 3 is 2.73 bits per heavy atom. The smallest absolute Gasteiger partial charge is 0.0525 e. The fourth-order valence-corrected chi connectivity index (χ4v) is 2.27. The Labute approximate surface area is 100 Å². The summed E-state index contributed by atoms with van der Waals surface area (Å²) < 4.78 is 0. The first-order chi connectivity index (χ1) is 7.20. The van der Waals surface area contributed by atoms with Gasteiger partial charge in [0.1, 0.15) is 0 Å². The predicted molar refractivity (Wildman–Crippen MR) is 66.7 cm³/mol. The lowest BCUT2D eigenvalue weighted by Gasteiger charge is -2.16. The molecule has 1 aliphatic rings. The molecule has 0 aromatic heterocycles. The highest BCUT2D eigenvalue weighted by atomic mass is 35.5. The van der Waals surface area contributed by atoms with E-state index in [1.165, 1.54) is 5.57 Å². The van der Waals surface area contributed by atoms with Gasteiger partial charge in [-0.25, -0.2) is 0 Å². The summed E-state index contributed by atoms with van der Waals surface area (Å²) in [6.07, 6.45) is 3.22. The van der Waals surface area contributed by atoms with Crippen LogP contribution in [0, 0.1) is 6.92 Å². The maximum absolute atomic E-state index is 6.29. The third-order valence-corrected chi connectivity index (χ3v) is 3.63. The predicted octanol–water partition coefficient (Wildman–Crippen LogP) is 3.68. The van der Waals surface area contributed by atoms with Crippen molar-refractivity contribution < 1.29 is 0 Å². The van der Waals surface area contributed by atoms with Crippen molar-refractivity contribution in [2.24, 2.45) is 0 Å². The molecule has 0 bridgehead atoms. The van der Waals surface area contributed by atoms with Crippen molar-refractivity contribution in [1.82, 2.24) is 5.32 Å². The lowest BCUT2D eigenvalue weighted by Crippen LogP contribution is -2.20. The zero-order valence-electron chi connectivity index (χ0n) is 8.61. The highest BCUT2D eigenvalue weighted by Crippen LogP contribution is 2.33. The summed E-state index contributed by atoms with van der Waals surface area (Å²) in [6, 6.07) is 3.93. The molecule has 0 radical (unpaired) electrons. The van der Waals surface area contributed by atoms with Crippen LogP contribution in [0.5, 0.6) is 0 Å². The van der Waals surface area contributed by atoms with Gasteiger partial charge in [0.05, 0.1) is 5.02 Å². The van der Waals surface area contributed by atoms with Crippen LogP contribution in [-0.2, 0) is 0 Å². The van der Waals surface area contributed by atoms with E-state index in [0.29, 0.717) is 0 Å². The molecule has 0 atom stereocenters. The van der Waals surface area contributed by atoms with E-state index >= 15 is 0 Å². The number of hydrogen-bond donors (Lipinski definition) is 1. The Bertz CT molecular complexity index is 410. The van der Waals surface area contributed by atoms with Gasteiger partial charge < -0.3 is 5.32 Å². The third-order valence-electron chi connectivity index (χ3n) is 2.73. The SMILES string of the molecule is Cc1c(Cl)ccc(C2=CCNCC2)c1Cl. The highest BCUT2D eigenvalue weighted by molar-refractivity contribution is 6.37. The molecule has 0 amide bonds. The van der Waals surface area contributed by atoms with Crippen molar-refractivity contribution in [1.29, 1.82) is 0 Å². The molecule has 1 nitrogen and oxygen atoms in total. The molecule has 1 aromatic rings. The number of hydrogen-bond acceptors (Lipinski definition) is 1. The van der Waals surface area contributed by atoms with Gasteiger partial charge in [-0.15, -0.1) is 0 Å². The van der Waals surface area contributed by atoms with E-state index < -0.39 is 0 Å². The highest BCUT2D eigenvalue weighted by Gasteiger charge is 2.12. The van der Waals surface area contributed by atoms with Gasteiger partial charge in [-0.1, -0.05) is 35.3 Å². The Kier molecular flexibility index (Phi) is 3.35. The topological polar surface area (TPSA) is 12.0 Å². The third kappa shape index (κ3) is 2.20. The standard InChI is InChI=1S/C12H13Cl2N/c1-8-11(13)3-2-10(12(8)14)9-4-6-15-7-5-9/h2-4,15H,5-7H2,1H3. The zero-order chi connectivity index (χ0) is 10.8. The van der Waals surface area contributed by atoms with Crippen molar-refractivity contribution in [2.45, 2.75) is 13.3 Å². The molecule has 0 unspecified atom stereocenters. The van der Waals surface area contributed by atoms with Crippen LogP contribution in [0.15, 0.2) is 18.2 Å². The van der Waals surface area contributed by atoms with Crippen LogP contribution < -0.4 is 5.32 Å². The first-order valence-corrected chi connectivity index (χ1v) is 5.80. The molecule has 0 saturated carbocycles. The maximum atomic E-state index is 6.29. The van der Waals surface area contributed by atoms with Crippen LogP contribution in [0.2, 0.25) is 10.0 Å². The summed E-state index contributed by atoms with van der Waals surface area (Å²) in [6.45, 7) is 3.90. The second-order valence-electron chi connectivity index (χ2n) is 3.72. The van der Waals surface area contributed by atoms with Gasteiger partial charge >= 0.3 is 0 Å². The van der Waals surface area contributed by atoms with Gasteiger partial charge in [-0.2, -0.15) is 0 Å². The summed E-state index contributed by atoms with van der Waals surface area (Å²) in [7, 11) is 0. The van der Waals surface area contributed by atoms with Crippen molar-refractivity contribution in [3.63, 3.8) is 0 Å². The Morgan fingerprint density at radius 2 is 2.07 bits per heavy atom. The van der Waals surface area contributed by atoms with Gasteiger partial charge in [0.2, 0.25) is 0 Å². The van der Waals surface area contributed by atoms with Crippen LogP contribution in [0.4, 0.5) is 0 Å². The van der Waals surface area contributed by atoms with Gasteiger partial charge in [-0.05, 0) is 42.7 Å². The lowest BCUT2D eigenvalue weighted by molar-refractivity contribution is 0.738. The molecule has 0 aliphatic carbocycles. The Hall–Kier alpha value is -0.500. The van der Waals surface area contributed by atoms with Gasteiger partial charge in [0.25, 0.3) is 0 Å². The molecular weight excluding hydrogens is 229 g/mol. The van der Waals surface area contributed by atoms with Gasteiger partial charge in [0, 0.05) is 11.6 Å². The molecular formula is C12H13Cl2N. The van der Waals surface area contributed by atoms with Crippen LogP contribution in [0.3, 0.4) is 0 Å². The summed E-state index contributed by atoms with van der Waals surface area (Å²) in [4.78, 5) is 0. The zero-order valence-corrected chi connectivity index (χ0v) is 10.1. The molecule has 0 fully saturated rings. The first kappa shape index (κ1) is 11.0. The molecule has 0 spiro atoms. The van der Waals surface area contributed by atoms with Crippen molar-refractivity contribution in [3.8, 4) is 0 Å². The van der Waals surface area contributed by atoms with Crippen molar-refractivity contribution >= 4 is 28.8 Å². The van der Waals surface area contributed by atoms with Crippen LogP contribution in [0.1, 0.15) is 17.5 Å². The summed E-state index contributed by atoms with van der Waals surface area (Å²) in [5.41, 5.74) is 3.41. The fourth-order valence-electron chi connectivity index (χ4n) is 1.78. The molecule has 2 rings (SSSR count). The average molecular weight is 242 g/mol. The Balaban J connectivity index is 2.44. The van der Waals surface area contributed by atoms with Gasteiger partial charge in [-0.3, -0.25) is 0 Å².